The largest absolute Gasteiger partial charge is 0.476 e. The molecular formula is C28H37NO8. The van der Waals surface area contributed by atoms with Gasteiger partial charge in [-0.25, -0.2) is 4.79 Å². The van der Waals surface area contributed by atoms with Crippen molar-refractivity contribution in [3.8, 4) is 5.75 Å². The highest BCUT2D eigenvalue weighted by atomic mass is 16.6. The SMILES string of the molecule is C[C@H]1C=CC2=C[C@@H](O)C[C@H](OC(=O)C(C)(C)Oc3ccc([N+](=O)[O-])cc3)[C@@H]2[C@H]1CC[C@@H]1C[C@H](O)CCO1. The summed E-state index contributed by atoms with van der Waals surface area (Å²) in [6.45, 7) is 5.91. The van der Waals surface area contributed by atoms with E-state index in [-0.39, 0.29) is 35.6 Å². The van der Waals surface area contributed by atoms with Crippen LogP contribution in [0.3, 0.4) is 0 Å². The maximum atomic E-state index is 13.3. The number of non-ortho nitro benzene ring substituents is 1. The molecule has 2 aliphatic carbocycles. The number of carbonyl (C=O) groups excluding carboxylic acids is 1. The highest BCUT2D eigenvalue weighted by molar-refractivity contribution is 5.79. The van der Waals surface area contributed by atoms with Crippen LogP contribution in [-0.4, -0.2) is 57.7 Å². The zero-order chi connectivity index (χ0) is 26.7. The van der Waals surface area contributed by atoms with Gasteiger partial charge >= 0.3 is 5.97 Å². The summed E-state index contributed by atoms with van der Waals surface area (Å²) in [5, 5.41) is 31.5. The molecule has 202 valence electrons. The summed E-state index contributed by atoms with van der Waals surface area (Å²) in [5.74, 6) is 0.109. The lowest BCUT2D eigenvalue weighted by Gasteiger charge is -2.43. The smallest absolute Gasteiger partial charge is 0.350 e. The molecule has 0 radical (unpaired) electrons. The predicted octanol–water partition coefficient (Wildman–Crippen LogP) is 4.11. The van der Waals surface area contributed by atoms with Gasteiger partial charge in [-0.05, 0) is 69.1 Å². The molecule has 37 heavy (non-hydrogen) atoms. The second-order valence-electron chi connectivity index (χ2n) is 10.9. The van der Waals surface area contributed by atoms with Crippen molar-refractivity contribution in [3.05, 3.63) is 58.2 Å². The lowest BCUT2D eigenvalue weighted by molar-refractivity contribution is -0.384. The maximum Gasteiger partial charge on any atom is 0.350 e. The molecule has 0 bridgehead atoms. The van der Waals surface area contributed by atoms with Gasteiger partial charge in [-0.3, -0.25) is 10.1 Å². The molecule has 1 aromatic carbocycles. The average Bonchev–Trinajstić information content (AvgIpc) is 2.83. The minimum Gasteiger partial charge on any atom is -0.476 e. The molecule has 9 nitrogen and oxygen atoms in total. The van der Waals surface area contributed by atoms with E-state index in [1.165, 1.54) is 24.3 Å². The monoisotopic (exact) mass is 515 g/mol. The van der Waals surface area contributed by atoms with Crippen molar-refractivity contribution in [3.63, 3.8) is 0 Å². The number of carbonyl (C=O) groups is 1. The number of rotatable bonds is 8. The summed E-state index contributed by atoms with van der Waals surface area (Å²) >= 11 is 0. The van der Waals surface area contributed by atoms with Gasteiger partial charge in [0.2, 0.25) is 0 Å². The molecule has 2 N–H and O–H groups in total. The van der Waals surface area contributed by atoms with Gasteiger partial charge in [-0.2, -0.15) is 0 Å². The Balaban J connectivity index is 1.46. The summed E-state index contributed by atoms with van der Waals surface area (Å²) in [4.78, 5) is 23.7. The molecular weight excluding hydrogens is 478 g/mol. The molecule has 1 heterocycles. The Kier molecular flexibility index (Phi) is 8.36. The fourth-order valence-electron chi connectivity index (χ4n) is 5.68. The number of allylic oxidation sites excluding steroid dienone is 2. The van der Waals surface area contributed by atoms with E-state index in [2.05, 4.69) is 13.0 Å². The summed E-state index contributed by atoms with van der Waals surface area (Å²) in [6, 6.07) is 5.54. The summed E-state index contributed by atoms with van der Waals surface area (Å²) < 4.78 is 17.8. The summed E-state index contributed by atoms with van der Waals surface area (Å²) in [5.41, 5.74) is -0.444. The average molecular weight is 516 g/mol. The van der Waals surface area contributed by atoms with Gasteiger partial charge < -0.3 is 24.4 Å². The van der Waals surface area contributed by atoms with Crippen molar-refractivity contribution in [1.29, 1.82) is 0 Å². The van der Waals surface area contributed by atoms with Crippen molar-refractivity contribution in [1.82, 2.24) is 0 Å². The van der Waals surface area contributed by atoms with Crippen molar-refractivity contribution in [2.24, 2.45) is 17.8 Å². The van der Waals surface area contributed by atoms with Crippen LogP contribution >= 0.6 is 0 Å². The van der Waals surface area contributed by atoms with E-state index >= 15 is 0 Å². The lowest BCUT2D eigenvalue weighted by Crippen LogP contribution is -2.47. The zero-order valence-electron chi connectivity index (χ0n) is 21.6. The van der Waals surface area contributed by atoms with Gasteiger partial charge in [-0.15, -0.1) is 0 Å². The van der Waals surface area contributed by atoms with Crippen LogP contribution in [0, 0.1) is 27.9 Å². The van der Waals surface area contributed by atoms with Crippen LogP contribution in [-0.2, 0) is 14.3 Å². The second-order valence-corrected chi connectivity index (χ2v) is 10.9. The molecule has 0 spiro atoms. The maximum absolute atomic E-state index is 13.3. The first-order valence-electron chi connectivity index (χ1n) is 13.1. The Morgan fingerprint density at radius 3 is 2.59 bits per heavy atom. The Bertz CT molecular complexity index is 1030. The number of aliphatic hydroxyl groups excluding tert-OH is 2. The topological polar surface area (TPSA) is 128 Å². The standard InChI is InChI=1S/C28H37NO8/c1-17-4-5-18-14-21(31)16-25(26(18)24(17)11-10-23-15-20(30)12-13-35-23)36-27(32)28(2,3)37-22-8-6-19(7-9-22)29(33)34/h4-9,14,17,20-21,23-26,30-31H,10-13,15-16H2,1-3H3/t17-,20+,21+,23+,24-,25-,26-/m0/s1. The van der Waals surface area contributed by atoms with Crippen molar-refractivity contribution >= 4 is 11.7 Å². The van der Waals surface area contributed by atoms with Crippen LogP contribution < -0.4 is 4.74 Å². The van der Waals surface area contributed by atoms with Crippen LogP contribution in [0.15, 0.2) is 48.1 Å². The third-order valence-corrected chi connectivity index (χ3v) is 7.71. The van der Waals surface area contributed by atoms with Crippen LogP contribution in [0.2, 0.25) is 0 Å². The normalized spacial score (nSPS) is 31.7. The number of nitrogens with zero attached hydrogens (tertiary/aromatic N) is 1. The molecule has 3 aliphatic rings. The highest BCUT2D eigenvalue weighted by Crippen LogP contribution is 2.44. The van der Waals surface area contributed by atoms with Crippen molar-refractivity contribution in [2.75, 3.05) is 6.61 Å². The first kappa shape index (κ1) is 27.3. The van der Waals surface area contributed by atoms with E-state index in [0.717, 1.165) is 18.4 Å². The quantitative estimate of drug-likeness (QED) is 0.301. The van der Waals surface area contributed by atoms with E-state index in [0.29, 0.717) is 31.6 Å². The van der Waals surface area contributed by atoms with Crippen LogP contribution in [0.1, 0.15) is 52.9 Å². The Labute approximate surface area is 217 Å². The molecule has 1 fully saturated rings. The number of benzene rings is 1. The fourth-order valence-corrected chi connectivity index (χ4v) is 5.68. The minimum absolute atomic E-state index is 0.0125. The highest BCUT2D eigenvalue weighted by Gasteiger charge is 2.44. The molecule has 4 rings (SSSR count). The number of fused-ring (bicyclic) bond motifs is 1. The van der Waals surface area contributed by atoms with Crippen molar-refractivity contribution in [2.45, 2.75) is 82.9 Å². The molecule has 0 aromatic heterocycles. The van der Waals surface area contributed by atoms with Crippen LogP contribution in [0.5, 0.6) is 5.75 Å². The summed E-state index contributed by atoms with van der Waals surface area (Å²) in [7, 11) is 0. The lowest BCUT2D eigenvalue weighted by atomic mass is 9.66. The van der Waals surface area contributed by atoms with Crippen LogP contribution in [0.4, 0.5) is 5.69 Å². The third-order valence-electron chi connectivity index (χ3n) is 7.71. The second kappa shape index (κ2) is 11.3. The number of ether oxygens (including phenoxy) is 3. The van der Waals surface area contributed by atoms with E-state index in [4.69, 9.17) is 14.2 Å². The van der Waals surface area contributed by atoms with Gasteiger partial charge in [0.15, 0.2) is 5.60 Å². The Morgan fingerprint density at radius 2 is 1.92 bits per heavy atom. The number of hydrogen-bond donors (Lipinski definition) is 2. The zero-order valence-corrected chi connectivity index (χ0v) is 21.6. The van der Waals surface area contributed by atoms with Crippen LogP contribution in [0.25, 0.3) is 0 Å². The number of aliphatic hydroxyl groups is 2. The third kappa shape index (κ3) is 6.58. The predicted molar refractivity (Wildman–Crippen MR) is 136 cm³/mol. The molecule has 1 saturated heterocycles. The number of nitro benzene ring substituents is 1. The number of hydrogen-bond acceptors (Lipinski definition) is 8. The molecule has 1 aromatic rings. The minimum atomic E-state index is -1.35. The summed E-state index contributed by atoms with van der Waals surface area (Å²) in [6.07, 6.45) is 7.70. The van der Waals surface area contributed by atoms with E-state index < -0.39 is 28.7 Å². The van der Waals surface area contributed by atoms with Gasteiger partial charge in [0, 0.05) is 31.1 Å². The molecule has 1 aliphatic heterocycles. The molecule has 0 unspecified atom stereocenters. The van der Waals surface area contributed by atoms with Gasteiger partial charge in [0.25, 0.3) is 5.69 Å². The van der Waals surface area contributed by atoms with Gasteiger partial charge in [0.05, 0.1) is 23.2 Å². The van der Waals surface area contributed by atoms with E-state index in [1.54, 1.807) is 13.8 Å². The Morgan fingerprint density at radius 1 is 1.19 bits per heavy atom. The first-order chi connectivity index (χ1) is 17.5. The van der Waals surface area contributed by atoms with Gasteiger partial charge in [-0.1, -0.05) is 25.2 Å². The Hall–Kier alpha value is -2.75. The van der Waals surface area contributed by atoms with Crippen molar-refractivity contribution < 1.29 is 34.1 Å². The molecule has 0 saturated carbocycles. The fraction of sp³-hybridized carbons (Fsp3) is 0.607. The van der Waals surface area contributed by atoms with E-state index in [9.17, 15) is 25.1 Å². The van der Waals surface area contributed by atoms with Gasteiger partial charge in [0.1, 0.15) is 11.9 Å². The number of nitro groups is 1. The van der Waals surface area contributed by atoms with E-state index in [1.807, 2.05) is 12.2 Å². The molecule has 7 atom stereocenters. The first-order valence-corrected chi connectivity index (χ1v) is 13.1. The molecule has 0 amide bonds. The molecule has 9 heteroatoms. The number of esters is 1.